The van der Waals surface area contributed by atoms with Crippen LogP contribution in [-0.2, 0) is 14.9 Å². The Morgan fingerprint density at radius 1 is 0.479 bits per heavy atom. The number of unbranched alkanes of at least 4 members (excludes halogenated alkanes) is 31. The molecule has 6 nitrogen and oxygen atoms in total. The first-order chi connectivity index (χ1) is 23.3. The highest BCUT2D eigenvalue weighted by atomic mass is 32.2. The molecule has 2 atom stereocenters. The van der Waals surface area contributed by atoms with Crippen LogP contribution in [0, 0.1) is 0 Å². The van der Waals surface area contributed by atoms with E-state index in [-0.39, 0.29) is 5.91 Å². The summed E-state index contributed by atoms with van der Waals surface area (Å²) in [5, 5.41) is 13.4. The molecule has 0 aliphatic carbocycles. The Kier molecular flexibility index (Phi) is 35.6. The van der Waals surface area contributed by atoms with Gasteiger partial charge in [-0.1, -0.05) is 219 Å². The Balaban J connectivity index is 3.81. The molecule has 0 heterocycles. The molecule has 2 unspecified atom stereocenters. The molecule has 0 saturated heterocycles. The number of aliphatic hydroxyl groups excluding tert-OH is 1. The van der Waals surface area contributed by atoms with Gasteiger partial charge >= 0.3 is 0 Å². The molecule has 0 saturated carbocycles. The van der Waals surface area contributed by atoms with E-state index in [1.165, 1.54) is 173 Å². The first-order valence-electron chi connectivity index (χ1n) is 21.2. The van der Waals surface area contributed by atoms with Gasteiger partial charge in [0.05, 0.1) is 17.9 Å². The van der Waals surface area contributed by atoms with Gasteiger partial charge in [-0.3, -0.25) is 9.35 Å². The van der Waals surface area contributed by atoms with Gasteiger partial charge in [-0.2, -0.15) is 8.42 Å². The molecule has 0 aromatic carbocycles. The third kappa shape index (κ3) is 36.6. The monoisotopic (exact) mass is 702 g/mol. The number of rotatable bonds is 39. The molecule has 3 N–H and O–H groups in total. The van der Waals surface area contributed by atoms with E-state index < -0.39 is 28.0 Å². The number of aliphatic hydroxyl groups is 1. The van der Waals surface area contributed by atoms with Gasteiger partial charge in [-0.15, -0.1) is 0 Å². The molecule has 0 rings (SSSR count). The maximum absolute atomic E-state index is 12.5. The summed E-state index contributed by atoms with van der Waals surface area (Å²) in [5.41, 5.74) is 0. The summed E-state index contributed by atoms with van der Waals surface area (Å²) < 4.78 is 32.5. The van der Waals surface area contributed by atoms with Gasteiger partial charge in [0.25, 0.3) is 10.1 Å². The molecule has 1 amide bonds. The van der Waals surface area contributed by atoms with Gasteiger partial charge in [0.1, 0.15) is 0 Å². The Labute approximate surface area is 299 Å². The Hall–Kier alpha value is -0.660. The van der Waals surface area contributed by atoms with E-state index in [1.54, 1.807) is 0 Å². The first kappa shape index (κ1) is 47.3. The van der Waals surface area contributed by atoms with Crippen LogP contribution in [0.2, 0.25) is 0 Å². The Morgan fingerprint density at radius 2 is 0.750 bits per heavy atom. The van der Waals surface area contributed by atoms with E-state index in [0.717, 1.165) is 38.5 Å². The Bertz CT molecular complexity index is 775. The van der Waals surface area contributed by atoms with Crippen molar-refractivity contribution >= 4 is 16.0 Å². The summed E-state index contributed by atoms with van der Waals surface area (Å²) >= 11 is 0. The maximum atomic E-state index is 12.5. The zero-order chi connectivity index (χ0) is 35.4. The molecule has 48 heavy (non-hydrogen) atoms. The van der Waals surface area contributed by atoms with E-state index in [0.29, 0.717) is 12.8 Å². The quantitative estimate of drug-likeness (QED) is 0.0437. The Morgan fingerprint density at radius 3 is 1.04 bits per heavy atom. The van der Waals surface area contributed by atoms with Crippen LogP contribution in [0.25, 0.3) is 0 Å². The number of carbonyl (C=O) groups is 1. The topological polar surface area (TPSA) is 104 Å². The minimum absolute atomic E-state index is 0.240. The average Bonchev–Trinajstić information content (AvgIpc) is 3.05. The van der Waals surface area contributed by atoms with Crippen LogP contribution in [0.1, 0.15) is 239 Å². The lowest BCUT2D eigenvalue weighted by molar-refractivity contribution is -0.122. The second-order valence-electron chi connectivity index (χ2n) is 15.0. The third-order valence-corrected chi connectivity index (χ3v) is 10.8. The molecule has 0 aromatic rings. The predicted molar refractivity (Wildman–Crippen MR) is 207 cm³/mol. The van der Waals surface area contributed by atoms with Crippen molar-refractivity contribution in [3.05, 3.63) is 0 Å². The number of hydrogen-bond acceptors (Lipinski definition) is 4. The van der Waals surface area contributed by atoms with Gasteiger partial charge < -0.3 is 10.4 Å². The second-order valence-corrected chi connectivity index (χ2v) is 16.5. The van der Waals surface area contributed by atoms with Crippen molar-refractivity contribution in [1.82, 2.24) is 5.32 Å². The van der Waals surface area contributed by atoms with Crippen LogP contribution >= 0.6 is 0 Å². The van der Waals surface area contributed by atoms with Crippen molar-refractivity contribution in [2.45, 2.75) is 251 Å². The molecular weight excluding hydrogens is 619 g/mol. The molecule has 288 valence electrons. The van der Waals surface area contributed by atoms with E-state index in [4.69, 9.17) is 0 Å². The van der Waals surface area contributed by atoms with Gasteiger partial charge in [-0.05, 0) is 12.8 Å². The van der Waals surface area contributed by atoms with Crippen molar-refractivity contribution in [1.29, 1.82) is 0 Å². The van der Waals surface area contributed by atoms with Crippen LogP contribution in [0.5, 0.6) is 0 Å². The summed E-state index contributed by atoms with van der Waals surface area (Å²) in [6.45, 7) is 4.54. The third-order valence-electron chi connectivity index (χ3n) is 10.1. The minimum Gasteiger partial charge on any atom is -0.391 e. The van der Waals surface area contributed by atoms with Gasteiger partial charge in [0.2, 0.25) is 5.91 Å². The smallest absolute Gasteiger partial charge is 0.266 e. The fraction of sp³-hybridized carbons (Fsp3) is 0.976. The lowest BCUT2D eigenvalue weighted by Crippen LogP contribution is -2.47. The first-order valence-corrected chi connectivity index (χ1v) is 22.8. The van der Waals surface area contributed by atoms with Crippen molar-refractivity contribution < 1.29 is 22.9 Å². The average molecular weight is 702 g/mol. The zero-order valence-electron chi connectivity index (χ0n) is 32.1. The van der Waals surface area contributed by atoms with Gasteiger partial charge in [0.15, 0.2) is 0 Å². The number of amides is 1. The molecule has 0 aliphatic heterocycles. The maximum Gasteiger partial charge on any atom is 0.266 e. The summed E-state index contributed by atoms with van der Waals surface area (Å²) in [6.07, 6.45) is 41.9. The van der Waals surface area contributed by atoms with E-state index >= 15 is 0 Å². The predicted octanol–water partition coefficient (Wildman–Crippen LogP) is 12.4. The molecule has 0 bridgehead atoms. The standard InChI is InChI=1S/C41H83NO5S/c1-3-5-7-9-11-13-15-17-19-21-22-24-26-28-30-32-34-36-40(43)39(38-48(45,46)47)42-41(44)37-35-33-31-29-27-25-23-20-18-16-14-12-10-8-6-4-2/h39-40,43H,3-38H2,1-2H3,(H,42,44)(H,45,46,47). The molecule has 0 spiro atoms. The van der Waals surface area contributed by atoms with Crippen LogP contribution in [-0.4, -0.2) is 41.9 Å². The van der Waals surface area contributed by atoms with Crippen molar-refractivity contribution in [2.75, 3.05) is 5.75 Å². The van der Waals surface area contributed by atoms with Crippen LogP contribution in [0.3, 0.4) is 0 Å². The number of nitrogens with one attached hydrogen (secondary N) is 1. The van der Waals surface area contributed by atoms with E-state index in [9.17, 15) is 22.9 Å². The molecule has 0 fully saturated rings. The van der Waals surface area contributed by atoms with Crippen molar-refractivity contribution in [3.63, 3.8) is 0 Å². The summed E-state index contributed by atoms with van der Waals surface area (Å²) in [6, 6.07) is -0.963. The lowest BCUT2D eigenvalue weighted by atomic mass is 10.0. The van der Waals surface area contributed by atoms with Gasteiger partial charge in [0, 0.05) is 6.42 Å². The molecule has 0 radical (unpaired) electrons. The second kappa shape index (κ2) is 36.1. The number of carbonyl (C=O) groups excluding carboxylic acids is 1. The normalized spacial score (nSPS) is 13.2. The van der Waals surface area contributed by atoms with Crippen molar-refractivity contribution in [2.24, 2.45) is 0 Å². The zero-order valence-corrected chi connectivity index (χ0v) is 33.0. The number of hydrogen-bond donors (Lipinski definition) is 3. The van der Waals surface area contributed by atoms with Crippen LogP contribution in [0.15, 0.2) is 0 Å². The highest BCUT2D eigenvalue weighted by Crippen LogP contribution is 2.17. The summed E-state index contributed by atoms with van der Waals surface area (Å²) in [4.78, 5) is 12.5. The highest BCUT2D eigenvalue weighted by Gasteiger charge is 2.26. The van der Waals surface area contributed by atoms with E-state index in [2.05, 4.69) is 19.2 Å². The molecule has 0 aromatic heterocycles. The fourth-order valence-corrected chi connectivity index (χ4v) is 7.63. The molecule has 0 aliphatic rings. The summed E-state index contributed by atoms with van der Waals surface area (Å²) in [5.74, 6) is -0.881. The van der Waals surface area contributed by atoms with E-state index in [1.807, 2.05) is 0 Å². The SMILES string of the molecule is CCCCCCCCCCCCCCCCCCCC(O)C(CS(=O)(=O)O)NC(=O)CCCCCCCCCCCCCCCCCC. The molecular formula is C41H83NO5S. The van der Waals surface area contributed by atoms with Gasteiger partial charge in [-0.25, -0.2) is 0 Å². The fourth-order valence-electron chi connectivity index (χ4n) is 6.87. The summed E-state index contributed by atoms with van der Waals surface area (Å²) in [7, 11) is -4.30. The highest BCUT2D eigenvalue weighted by molar-refractivity contribution is 7.85. The largest absolute Gasteiger partial charge is 0.391 e. The lowest BCUT2D eigenvalue weighted by Gasteiger charge is -2.23. The van der Waals surface area contributed by atoms with Crippen molar-refractivity contribution in [3.8, 4) is 0 Å². The molecule has 7 heteroatoms. The van der Waals surface area contributed by atoms with Crippen LogP contribution < -0.4 is 5.32 Å². The minimum atomic E-state index is -4.30. The van der Waals surface area contributed by atoms with Crippen LogP contribution in [0.4, 0.5) is 0 Å².